The Morgan fingerprint density at radius 3 is 2.44 bits per heavy atom. The summed E-state index contributed by atoms with van der Waals surface area (Å²) in [4.78, 5) is 0. The second-order valence-electron chi connectivity index (χ2n) is 2.79. The molecule has 2 nitrogen and oxygen atoms in total. The first-order chi connectivity index (χ1) is 4.38. The molecular weight excluding hydrogens is 114 g/mol. The third-order valence-corrected chi connectivity index (χ3v) is 2.26. The molecule has 1 aliphatic carbocycles. The van der Waals surface area contributed by atoms with E-state index in [2.05, 4.69) is 0 Å². The van der Waals surface area contributed by atoms with Gasteiger partial charge in [0.15, 0.2) is 0 Å². The van der Waals surface area contributed by atoms with Gasteiger partial charge in [-0.15, -0.1) is 0 Å². The summed E-state index contributed by atoms with van der Waals surface area (Å²) in [5.74, 6) is 1.52. The van der Waals surface area contributed by atoms with Gasteiger partial charge in [0.1, 0.15) is 0 Å². The molecule has 0 amide bonds. The van der Waals surface area contributed by atoms with Crippen LogP contribution in [0.4, 0.5) is 0 Å². The van der Waals surface area contributed by atoms with Crippen LogP contribution in [0.5, 0.6) is 0 Å². The summed E-state index contributed by atoms with van der Waals surface area (Å²) in [5, 5.41) is 0. The van der Waals surface area contributed by atoms with Crippen molar-refractivity contribution in [2.45, 2.75) is 12.8 Å². The summed E-state index contributed by atoms with van der Waals surface area (Å²) in [7, 11) is 1.76. The number of rotatable bonds is 3. The van der Waals surface area contributed by atoms with Crippen molar-refractivity contribution in [2.24, 2.45) is 17.6 Å². The summed E-state index contributed by atoms with van der Waals surface area (Å²) in [6.45, 7) is 1.75. The molecular formula is C7H15NO. The minimum Gasteiger partial charge on any atom is -0.384 e. The molecule has 2 N–H and O–H groups in total. The first kappa shape index (κ1) is 7.03. The Bertz CT molecular complexity index is 83.0. The first-order valence-corrected chi connectivity index (χ1v) is 3.57. The highest BCUT2D eigenvalue weighted by Crippen LogP contribution is 2.32. The second-order valence-corrected chi connectivity index (χ2v) is 2.79. The fraction of sp³-hybridized carbons (Fsp3) is 1.00. The van der Waals surface area contributed by atoms with Crippen LogP contribution in [0, 0.1) is 11.8 Å². The van der Waals surface area contributed by atoms with E-state index < -0.39 is 0 Å². The first-order valence-electron chi connectivity index (χ1n) is 3.57. The van der Waals surface area contributed by atoms with Gasteiger partial charge in [0.2, 0.25) is 0 Å². The molecule has 0 radical (unpaired) electrons. The van der Waals surface area contributed by atoms with Crippen LogP contribution >= 0.6 is 0 Å². The molecule has 2 heteroatoms. The molecule has 0 aromatic heterocycles. The summed E-state index contributed by atoms with van der Waals surface area (Å²) < 4.78 is 5.02. The maximum absolute atomic E-state index is 5.50. The summed E-state index contributed by atoms with van der Waals surface area (Å²) in [6, 6.07) is 0. The Hall–Kier alpha value is -0.0800. The molecule has 0 saturated heterocycles. The van der Waals surface area contributed by atoms with Crippen LogP contribution in [0.25, 0.3) is 0 Å². The molecule has 9 heavy (non-hydrogen) atoms. The number of hydrogen-bond acceptors (Lipinski definition) is 2. The molecule has 0 aliphatic heterocycles. The third-order valence-electron chi connectivity index (χ3n) is 2.26. The Balaban J connectivity index is 2.11. The van der Waals surface area contributed by atoms with Gasteiger partial charge in [0.05, 0.1) is 0 Å². The van der Waals surface area contributed by atoms with Crippen LogP contribution in [-0.4, -0.2) is 20.3 Å². The minimum atomic E-state index is 0.755. The molecule has 0 heterocycles. The van der Waals surface area contributed by atoms with Crippen molar-refractivity contribution < 1.29 is 4.74 Å². The molecule has 0 unspecified atom stereocenters. The van der Waals surface area contributed by atoms with Gasteiger partial charge in [0.25, 0.3) is 0 Å². The molecule has 54 valence electrons. The Morgan fingerprint density at radius 1 is 1.44 bits per heavy atom. The van der Waals surface area contributed by atoms with Crippen LogP contribution in [-0.2, 0) is 4.74 Å². The lowest BCUT2D eigenvalue weighted by Gasteiger charge is -2.34. The molecule has 1 rings (SSSR count). The number of hydrogen-bond donors (Lipinski definition) is 1. The maximum atomic E-state index is 5.50. The minimum absolute atomic E-state index is 0.755. The monoisotopic (exact) mass is 129 g/mol. The fourth-order valence-electron chi connectivity index (χ4n) is 1.38. The van der Waals surface area contributed by atoms with E-state index >= 15 is 0 Å². The molecule has 1 fully saturated rings. The predicted octanol–water partition coefficient (Wildman–Crippen LogP) is 0.618. The van der Waals surface area contributed by atoms with E-state index in [1.54, 1.807) is 7.11 Å². The zero-order chi connectivity index (χ0) is 6.69. The Labute approximate surface area is 56.4 Å². The molecule has 0 spiro atoms. The zero-order valence-corrected chi connectivity index (χ0v) is 5.97. The molecule has 0 bridgehead atoms. The van der Waals surface area contributed by atoms with Gasteiger partial charge in [-0.25, -0.2) is 0 Å². The van der Waals surface area contributed by atoms with Gasteiger partial charge in [-0.1, -0.05) is 0 Å². The highest BCUT2D eigenvalue weighted by atomic mass is 16.5. The lowest BCUT2D eigenvalue weighted by molar-refractivity contribution is 0.0639. The fourth-order valence-corrected chi connectivity index (χ4v) is 1.38. The van der Waals surface area contributed by atoms with Crippen LogP contribution < -0.4 is 5.73 Å². The zero-order valence-electron chi connectivity index (χ0n) is 5.97. The van der Waals surface area contributed by atoms with Gasteiger partial charge in [-0.05, 0) is 31.2 Å². The number of ether oxygens (including phenoxy) is 1. The van der Waals surface area contributed by atoms with E-state index in [1.165, 1.54) is 12.8 Å². The van der Waals surface area contributed by atoms with Gasteiger partial charge < -0.3 is 10.5 Å². The Morgan fingerprint density at radius 2 is 2.11 bits per heavy atom. The van der Waals surface area contributed by atoms with Crippen molar-refractivity contribution in [1.29, 1.82) is 0 Å². The quantitative estimate of drug-likeness (QED) is 0.606. The van der Waals surface area contributed by atoms with E-state index in [1.807, 2.05) is 0 Å². The summed E-state index contributed by atoms with van der Waals surface area (Å²) in [5.41, 5.74) is 5.50. The summed E-state index contributed by atoms with van der Waals surface area (Å²) >= 11 is 0. The highest BCUT2D eigenvalue weighted by Gasteiger charge is 2.28. The molecule has 2 atom stereocenters. The number of nitrogens with two attached hydrogens (primary N) is 1. The topological polar surface area (TPSA) is 35.2 Å². The van der Waals surface area contributed by atoms with Gasteiger partial charge >= 0.3 is 0 Å². The van der Waals surface area contributed by atoms with E-state index in [-0.39, 0.29) is 0 Å². The molecule has 1 aliphatic rings. The van der Waals surface area contributed by atoms with E-state index in [0.29, 0.717) is 0 Å². The molecule has 0 aromatic carbocycles. The normalized spacial score (nSPS) is 34.0. The van der Waals surface area contributed by atoms with Crippen LogP contribution in [0.3, 0.4) is 0 Å². The van der Waals surface area contributed by atoms with E-state index in [9.17, 15) is 0 Å². The second kappa shape index (κ2) is 3.18. The van der Waals surface area contributed by atoms with Crippen molar-refractivity contribution in [1.82, 2.24) is 0 Å². The lowest BCUT2D eigenvalue weighted by Crippen LogP contribution is -2.34. The average Bonchev–Trinajstić information content (AvgIpc) is 1.82. The largest absolute Gasteiger partial charge is 0.384 e. The lowest BCUT2D eigenvalue weighted by atomic mass is 9.74. The third kappa shape index (κ3) is 1.43. The van der Waals surface area contributed by atoms with Crippen molar-refractivity contribution in [2.75, 3.05) is 20.3 Å². The molecule has 1 saturated carbocycles. The van der Waals surface area contributed by atoms with Crippen molar-refractivity contribution in [3.05, 3.63) is 0 Å². The Kier molecular flexibility index (Phi) is 2.49. The van der Waals surface area contributed by atoms with Crippen LogP contribution in [0.15, 0.2) is 0 Å². The smallest absolute Gasteiger partial charge is 0.0493 e. The standard InChI is InChI=1S/C7H15NO/c1-9-5-7-3-2-6(7)4-8/h6-7H,2-5,8H2,1H3/t6-,7+/m1/s1. The van der Waals surface area contributed by atoms with Crippen LogP contribution in [0.2, 0.25) is 0 Å². The van der Waals surface area contributed by atoms with Gasteiger partial charge in [0, 0.05) is 13.7 Å². The highest BCUT2D eigenvalue weighted by molar-refractivity contribution is 4.80. The van der Waals surface area contributed by atoms with E-state index in [0.717, 1.165) is 25.0 Å². The number of methoxy groups -OCH3 is 1. The van der Waals surface area contributed by atoms with Gasteiger partial charge in [-0.3, -0.25) is 0 Å². The van der Waals surface area contributed by atoms with Crippen molar-refractivity contribution in [3.63, 3.8) is 0 Å². The predicted molar refractivity (Wildman–Crippen MR) is 37.1 cm³/mol. The average molecular weight is 129 g/mol. The SMILES string of the molecule is COC[C@@H]1CC[C@@H]1CN. The molecule has 0 aromatic rings. The summed E-state index contributed by atoms with van der Waals surface area (Å²) in [6.07, 6.45) is 2.63. The van der Waals surface area contributed by atoms with Crippen molar-refractivity contribution in [3.8, 4) is 0 Å². The van der Waals surface area contributed by atoms with Gasteiger partial charge in [-0.2, -0.15) is 0 Å². The van der Waals surface area contributed by atoms with E-state index in [4.69, 9.17) is 10.5 Å². The maximum Gasteiger partial charge on any atom is 0.0493 e. The van der Waals surface area contributed by atoms with Crippen molar-refractivity contribution >= 4 is 0 Å². The van der Waals surface area contributed by atoms with Crippen LogP contribution in [0.1, 0.15) is 12.8 Å².